The Balaban J connectivity index is 1.49. The number of carbonyl (C=O) groups is 1. The van der Waals surface area contributed by atoms with Crippen molar-refractivity contribution < 1.29 is 9.53 Å². The van der Waals surface area contributed by atoms with Crippen LogP contribution in [-0.2, 0) is 0 Å². The number of urea groups is 1. The number of hydrogen-bond donors (Lipinski definition) is 4. The molecule has 0 saturated heterocycles. The third kappa shape index (κ3) is 6.60. The van der Waals surface area contributed by atoms with Crippen LogP contribution in [0.25, 0.3) is 0 Å². The van der Waals surface area contributed by atoms with E-state index in [9.17, 15) is 4.79 Å². The van der Waals surface area contributed by atoms with Crippen LogP contribution in [0.3, 0.4) is 0 Å². The Morgan fingerprint density at radius 3 is 2.45 bits per heavy atom. The van der Waals surface area contributed by atoms with Crippen molar-refractivity contribution in [2.24, 2.45) is 0 Å². The van der Waals surface area contributed by atoms with Crippen molar-refractivity contribution in [1.82, 2.24) is 15.3 Å². The van der Waals surface area contributed by atoms with Crippen molar-refractivity contribution in [3.63, 3.8) is 0 Å². The maximum Gasteiger partial charge on any atom is 0.319 e. The van der Waals surface area contributed by atoms with Crippen molar-refractivity contribution >= 4 is 29.2 Å². The lowest BCUT2D eigenvalue weighted by molar-refractivity contribution is 0.252. The van der Waals surface area contributed by atoms with E-state index in [4.69, 9.17) is 4.74 Å². The molecule has 1 heterocycles. The van der Waals surface area contributed by atoms with Crippen molar-refractivity contribution in [3.8, 4) is 5.75 Å². The van der Waals surface area contributed by atoms with Gasteiger partial charge in [0, 0.05) is 36.2 Å². The number of methoxy groups -OCH3 is 1. The molecule has 8 nitrogen and oxygen atoms in total. The van der Waals surface area contributed by atoms with Crippen molar-refractivity contribution in [2.75, 3.05) is 36.1 Å². The molecule has 0 radical (unpaired) electrons. The number of benzene rings is 2. The van der Waals surface area contributed by atoms with Gasteiger partial charge in [-0.2, -0.15) is 4.98 Å². The summed E-state index contributed by atoms with van der Waals surface area (Å²) in [4.78, 5) is 21.0. The number of aryl methyl sites for hydroxylation is 3. The van der Waals surface area contributed by atoms with Crippen LogP contribution in [0.4, 0.5) is 27.9 Å². The summed E-state index contributed by atoms with van der Waals surface area (Å²) in [5, 5.41) is 12.1. The van der Waals surface area contributed by atoms with Gasteiger partial charge in [-0.15, -0.1) is 0 Å². The molecule has 0 unspecified atom stereocenters. The van der Waals surface area contributed by atoms with Gasteiger partial charge < -0.3 is 26.0 Å². The number of hydrogen-bond acceptors (Lipinski definition) is 6. The van der Waals surface area contributed by atoms with E-state index in [1.165, 1.54) is 0 Å². The second-order valence-electron chi connectivity index (χ2n) is 7.20. The number of rotatable bonds is 8. The Morgan fingerprint density at radius 2 is 1.74 bits per heavy atom. The lowest BCUT2D eigenvalue weighted by Gasteiger charge is -2.12. The molecule has 0 spiro atoms. The summed E-state index contributed by atoms with van der Waals surface area (Å²) >= 11 is 0. The van der Waals surface area contributed by atoms with Crippen molar-refractivity contribution in [2.45, 2.75) is 20.8 Å². The molecule has 0 bridgehead atoms. The molecule has 1 aromatic heterocycles. The largest absolute Gasteiger partial charge is 0.497 e. The summed E-state index contributed by atoms with van der Waals surface area (Å²) in [6.45, 7) is 6.81. The first-order valence-corrected chi connectivity index (χ1v) is 10.1. The van der Waals surface area contributed by atoms with Crippen LogP contribution in [0.5, 0.6) is 5.75 Å². The van der Waals surface area contributed by atoms with Crippen LogP contribution in [0.15, 0.2) is 48.5 Å². The van der Waals surface area contributed by atoms with E-state index in [2.05, 4.69) is 31.2 Å². The summed E-state index contributed by atoms with van der Waals surface area (Å²) in [6.07, 6.45) is 0. The molecular formula is C23H28N6O2. The molecule has 3 aromatic rings. The standard InChI is InChI=1S/C23H28N6O2/c1-15-5-10-20(16(2)13-15)28-23(30)25-12-11-24-22-26-17(3)14-21(29-22)27-18-6-8-19(31-4)9-7-18/h5-10,13-14H,11-12H2,1-4H3,(H2,25,28,30)(H2,24,26,27,29). The van der Waals surface area contributed by atoms with Gasteiger partial charge >= 0.3 is 6.03 Å². The maximum absolute atomic E-state index is 12.1. The predicted octanol–water partition coefficient (Wildman–Crippen LogP) is 4.39. The Kier molecular flexibility index (Phi) is 7.26. The van der Waals surface area contributed by atoms with Gasteiger partial charge in [0.2, 0.25) is 5.95 Å². The molecule has 162 valence electrons. The first-order chi connectivity index (χ1) is 14.9. The topological polar surface area (TPSA) is 100 Å². The maximum atomic E-state index is 12.1. The van der Waals surface area contributed by atoms with Gasteiger partial charge in [0.25, 0.3) is 0 Å². The monoisotopic (exact) mass is 420 g/mol. The number of anilines is 4. The van der Waals surface area contributed by atoms with Gasteiger partial charge in [-0.1, -0.05) is 17.7 Å². The molecule has 8 heteroatoms. The van der Waals surface area contributed by atoms with Crippen LogP contribution in [0, 0.1) is 20.8 Å². The van der Waals surface area contributed by atoms with Crippen LogP contribution >= 0.6 is 0 Å². The summed E-state index contributed by atoms with van der Waals surface area (Å²) in [6, 6.07) is 15.1. The van der Waals surface area contributed by atoms with Crippen LogP contribution in [0.1, 0.15) is 16.8 Å². The van der Waals surface area contributed by atoms with Crippen molar-refractivity contribution in [1.29, 1.82) is 0 Å². The van der Waals surface area contributed by atoms with Crippen LogP contribution in [0.2, 0.25) is 0 Å². The van der Waals surface area contributed by atoms with Gasteiger partial charge in [-0.25, -0.2) is 9.78 Å². The van der Waals surface area contributed by atoms with Gasteiger partial charge in [0.05, 0.1) is 7.11 Å². The SMILES string of the molecule is COc1ccc(Nc2cc(C)nc(NCCNC(=O)Nc3ccc(C)cc3C)n2)cc1. The summed E-state index contributed by atoms with van der Waals surface area (Å²) < 4.78 is 5.18. The Hall–Kier alpha value is -3.81. The molecule has 2 aromatic carbocycles. The fourth-order valence-electron chi connectivity index (χ4n) is 3.00. The normalized spacial score (nSPS) is 10.3. The zero-order valence-electron chi connectivity index (χ0n) is 18.2. The average molecular weight is 421 g/mol. The number of ether oxygens (including phenoxy) is 1. The minimum absolute atomic E-state index is 0.249. The zero-order valence-corrected chi connectivity index (χ0v) is 18.2. The Bertz CT molecular complexity index is 1040. The predicted molar refractivity (Wildman–Crippen MR) is 124 cm³/mol. The minimum Gasteiger partial charge on any atom is -0.497 e. The molecule has 4 N–H and O–H groups in total. The highest BCUT2D eigenvalue weighted by atomic mass is 16.5. The molecule has 3 rings (SSSR count). The Labute approximate surface area is 182 Å². The molecule has 31 heavy (non-hydrogen) atoms. The van der Waals surface area contributed by atoms with E-state index >= 15 is 0 Å². The third-order valence-corrected chi connectivity index (χ3v) is 4.54. The first kappa shape index (κ1) is 21.9. The fourth-order valence-corrected chi connectivity index (χ4v) is 3.00. The number of nitrogens with zero attached hydrogens (tertiary/aromatic N) is 2. The zero-order chi connectivity index (χ0) is 22.2. The van der Waals surface area contributed by atoms with E-state index in [-0.39, 0.29) is 6.03 Å². The average Bonchev–Trinajstić information content (AvgIpc) is 2.73. The lowest BCUT2D eigenvalue weighted by atomic mass is 10.1. The summed E-state index contributed by atoms with van der Waals surface area (Å²) in [5.41, 5.74) is 4.71. The van der Waals surface area contributed by atoms with Crippen LogP contribution < -0.4 is 26.0 Å². The van der Waals surface area contributed by atoms with Gasteiger partial charge in [-0.3, -0.25) is 0 Å². The molecular weight excluding hydrogens is 392 g/mol. The number of aromatic nitrogens is 2. The smallest absolute Gasteiger partial charge is 0.319 e. The summed E-state index contributed by atoms with van der Waals surface area (Å²) in [5.74, 6) is 1.97. The van der Waals surface area contributed by atoms with Gasteiger partial charge in [-0.05, 0) is 56.7 Å². The highest BCUT2D eigenvalue weighted by Crippen LogP contribution is 2.20. The molecule has 0 fully saturated rings. The molecule has 0 aliphatic rings. The number of carbonyl (C=O) groups excluding carboxylic acids is 1. The van der Waals surface area contributed by atoms with Gasteiger partial charge in [0.1, 0.15) is 11.6 Å². The highest BCUT2D eigenvalue weighted by molar-refractivity contribution is 5.90. The molecule has 0 saturated carbocycles. The number of nitrogens with one attached hydrogen (secondary N) is 4. The first-order valence-electron chi connectivity index (χ1n) is 10.1. The van der Waals surface area contributed by atoms with E-state index in [0.29, 0.717) is 24.9 Å². The minimum atomic E-state index is -0.249. The molecule has 0 aliphatic heterocycles. The van der Waals surface area contributed by atoms with E-state index in [1.807, 2.05) is 69.3 Å². The third-order valence-electron chi connectivity index (χ3n) is 4.54. The highest BCUT2D eigenvalue weighted by Gasteiger charge is 2.06. The van der Waals surface area contributed by atoms with E-state index < -0.39 is 0 Å². The number of amides is 2. The fraction of sp³-hybridized carbons (Fsp3) is 0.261. The van der Waals surface area contributed by atoms with E-state index in [1.54, 1.807) is 7.11 Å². The van der Waals surface area contributed by atoms with E-state index in [0.717, 1.165) is 33.9 Å². The lowest BCUT2D eigenvalue weighted by Crippen LogP contribution is -2.33. The molecule has 0 aliphatic carbocycles. The quantitative estimate of drug-likeness (QED) is 0.403. The molecule has 2 amide bonds. The van der Waals surface area contributed by atoms with Gasteiger partial charge in [0.15, 0.2) is 0 Å². The second kappa shape index (κ2) is 10.3. The Morgan fingerprint density at radius 1 is 0.968 bits per heavy atom. The molecule has 0 atom stereocenters. The van der Waals surface area contributed by atoms with Crippen LogP contribution in [-0.4, -0.2) is 36.2 Å². The summed E-state index contributed by atoms with van der Waals surface area (Å²) in [7, 11) is 1.64. The van der Waals surface area contributed by atoms with Crippen molar-refractivity contribution in [3.05, 3.63) is 65.4 Å². The second-order valence-corrected chi connectivity index (χ2v) is 7.20.